The molecule has 0 fully saturated rings. The summed E-state index contributed by atoms with van der Waals surface area (Å²) >= 11 is 0. The van der Waals surface area contributed by atoms with Crippen LogP contribution in [0.2, 0.25) is 0 Å². The summed E-state index contributed by atoms with van der Waals surface area (Å²) in [5, 5.41) is 0. The monoisotopic (exact) mass is 670 g/mol. The van der Waals surface area contributed by atoms with E-state index in [1.165, 1.54) is 0 Å². The van der Waals surface area contributed by atoms with Crippen LogP contribution in [0.25, 0.3) is 22.3 Å². The maximum Gasteiger partial charge on any atom is 0.419 e. The standard InChI is InChI=1S/C42H38O8/c1-5-39(43)49-41(7-3,45-35-26-22-33(23-27-35)31-16-11-9-12-17-31)47-37-20-15-21-38(30-37)48-42(8-4,50-40(44)6-2)46-36-28-24-34(25-29-36)32-18-13-10-14-19-32/h5-6,9-30H,1-2,7-8H2,3-4H3. The van der Waals surface area contributed by atoms with E-state index in [-0.39, 0.29) is 24.3 Å². The molecule has 5 aromatic rings. The molecule has 0 saturated heterocycles. The highest BCUT2D eigenvalue weighted by Gasteiger charge is 2.40. The molecule has 50 heavy (non-hydrogen) atoms. The van der Waals surface area contributed by atoms with E-state index in [0.29, 0.717) is 11.5 Å². The number of esters is 2. The molecule has 0 saturated carbocycles. The molecule has 0 amide bonds. The van der Waals surface area contributed by atoms with Crippen LogP contribution in [-0.2, 0) is 19.1 Å². The molecule has 0 aliphatic carbocycles. The van der Waals surface area contributed by atoms with Crippen molar-refractivity contribution in [1.29, 1.82) is 0 Å². The van der Waals surface area contributed by atoms with Gasteiger partial charge in [-0.05, 0) is 58.7 Å². The topological polar surface area (TPSA) is 89.5 Å². The fraction of sp³-hybridized carbons (Fsp3) is 0.143. The Morgan fingerprint density at radius 1 is 0.480 bits per heavy atom. The van der Waals surface area contributed by atoms with E-state index < -0.39 is 23.9 Å². The zero-order valence-corrected chi connectivity index (χ0v) is 28.0. The van der Waals surface area contributed by atoms with Gasteiger partial charge in [-0.25, -0.2) is 9.59 Å². The first-order valence-electron chi connectivity index (χ1n) is 16.2. The van der Waals surface area contributed by atoms with Gasteiger partial charge in [0.05, 0.1) is 12.8 Å². The van der Waals surface area contributed by atoms with E-state index in [4.69, 9.17) is 28.4 Å². The molecular weight excluding hydrogens is 632 g/mol. The average Bonchev–Trinajstić information content (AvgIpc) is 3.16. The van der Waals surface area contributed by atoms with Gasteiger partial charge in [0.15, 0.2) is 0 Å². The third-order valence-electron chi connectivity index (χ3n) is 7.53. The van der Waals surface area contributed by atoms with E-state index in [0.717, 1.165) is 34.4 Å². The van der Waals surface area contributed by atoms with E-state index in [9.17, 15) is 9.59 Å². The SMILES string of the molecule is C=CC(=O)OC(CC)(Oc1ccc(-c2ccccc2)cc1)Oc1cccc(OC(CC)(OC(=O)C=C)Oc2ccc(-c3ccccc3)cc2)c1. The summed E-state index contributed by atoms with van der Waals surface area (Å²) in [6.45, 7) is 10.5. The van der Waals surface area contributed by atoms with Gasteiger partial charge in [-0.3, -0.25) is 0 Å². The van der Waals surface area contributed by atoms with Crippen LogP contribution in [0, 0.1) is 0 Å². The van der Waals surface area contributed by atoms with E-state index >= 15 is 0 Å². The third kappa shape index (κ3) is 8.99. The van der Waals surface area contributed by atoms with Crippen molar-refractivity contribution in [3.63, 3.8) is 0 Å². The van der Waals surface area contributed by atoms with Crippen molar-refractivity contribution in [2.75, 3.05) is 0 Å². The average molecular weight is 671 g/mol. The second-order valence-electron chi connectivity index (χ2n) is 11.0. The highest BCUT2D eigenvalue weighted by molar-refractivity contribution is 5.82. The van der Waals surface area contributed by atoms with Crippen LogP contribution in [0.1, 0.15) is 26.7 Å². The number of benzene rings is 5. The zero-order chi connectivity index (χ0) is 35.4. The molecule has 0 bridgehead atoms. The molecule has 5 aromatic carbocycles. The number of carbonyl (C=O) groups is 2. The molecule has 0 spiro atoms. The molecule has 0 heterocycles. The van der Waals surface area contributed by atoms with Gasteiger partial charge in [0.2, 0.25) is 0 Å². The Morgan fingerprint density at radius 2 is 0.820 bits per heavy atom. The lowest BCUT2D eigenvalue weighted by Crippen LogP contribution is -2.46. The molecule has 0 aliphatic rings. The predicted octanol–water partition coefficient (Wildman–Crippen LogP) is 9.52. The summed E-state index contributed by atoms with van der Waals surface area (Å²) in [5.41, 5.74) is 4.06. The van der Waals surface area contributed by atoms with Crippen molar-refractivity contribution in [3.05, 3.63) is 159 Å². The second-order valence-corrected chi connectivity index (χ2v) is 11.0. The van der Waals surface area contributed by atoms with Gasteiger partial charge in [0, 0.05) is 18.2 Å². The van der Waals surface area contributed by atoms with Crippen molar-refractivity contribution in [2.45, 2.75) is 38.6 Å². The Hall–Kier alpha value is -6.28. The molecule has 0 N–H and O–H groups in total. The van der Waals surface area contributed by atoms with Crippen LogP contribution >= 0.6 is 0 Å². The molecular formula is C42H38O8. The van der Waals surface area contributed by atoms with Crippen LogP contribution in [0.4, 0.5) is 0 Å². The minimum Gasteiger partial charge on any atom is -0.421 e. The summed E-state index contributed by atoms with van der Waals surface area (Å²) in [4.78, 5) is 25.0. The number of hydrogen-bond donors (Lipinski definition) is 0. The molecule has 8 nitrogen and oxygen atoms in total. The van der Waals surface area contributed by atoms with Crippen LogP contribution in [-0.4, -0.2) is 23.9 Å². The van der Waals surface area contributed by atoms with Gasteiger partial charge in [-0.2, -0.15) is 0 Å². The van der Waals surface area contributed by atoms with Gasteiger partial charge >= 0.3 is 23.9 Å². The maximum atomic E-state index is 12.5. The van der Waals surface area contributed by atoms with Gasteiger partial charge in [0.1, 0.15) is 23.0 Å². The fourth-order valence-corrected chi connectivity index (χ4v) is 4.96. The molecule has 0 aliphatic heterocycles. The van der Waals surface area contributed by atoms with E-state index in [2.05, 4.69) is 13.2 Å². The van der Waals surface area contributed by atoms with E-state index in [1.807, 2.05) is 84.9 Å². The first-order chi connectivity index (χ1) is 24.3. The highest BCUT2D eigenvalue weighted by Crippen LogP contribution is 2.34. The third-order valence-corrected chi connectivity index (χ3v) is 7.53. The maximum absolute atomic E-state index is 12.5. The lowest BCUT2D eigenvalue weighted by atomic mass is 10.1. The van der Waals surface area contributed by atoms with Crippen molar-refractivity contribution in [3.8, 4) is 45.3 Å². The molecule has 8 heteroatoms. The van der Waals surface area contributed by atoms with Gasteiger partial charge < -0.3 is 28.4 Å². The Labute approximate surface area is 292 Å². The first-order valence-corrected chi connectivity index (χ1v) is 16.2. The largest absolute Gasteiger partial charge is 0.421 e. The molecule has 5 rings (SSSR count). The van der Waals surface area contributed by atoms with Gasteiger partial charge in [-0.15, -0.1) is 0 Å². The quantitative estimate of drug-likeness (QED) is 0.0583. The summed E-state index contributed by atoms with van der Waals surface area (Å²) in [6.07, 6.45) is 2.27. The number of carbonyl (C=O) groups excluding carboxylic acids is 2. The molecule has 2 atom stereocenters. The summed E-state index contributed by atoms with van der Waals surface area (Å²) in [6, 6.07) is 41.0. The Morgan fingerprint density at radius 3 is 1.16 bits per heavy atom. The van der Waals surface area contributed by atoms with Gasteiger partial charge in [0.25, 0.3) is 0 Å². The summed E-state index contributed by atoms with van der Waals surface area (Å²) in [5.74, 6) is -3.95. The van der Waals surface area contributed by atoms with Crippen molar-refractivity contribution in [2.24, 2.45) is 0 Å². The fourth-order valence-electron chi connectivity index (χ4n) is 4.96. The summed E-state index contributed by atoms with van der Waals surface area (Å²) < 4.78 is 36.2. The Kier molecular flexibility index (Phi) is 11.4. The normalized spacial score (nSPS) is 13.0. The van der Waals surface area contributed by atoms with Crippen LogP contribution < -0.4 is 18.9 Å². The first kappa shape index (κ1) is 35.0. The molecule has 254 valence electrons. The predicted molar refractivity (Wildman–Crippen MR) is 191 cm³/mol. The van der Waals surface area contributed by atoms with Crippen LogP contribution in [0.3, 0.4) is 0 Å². The zero-order valence-electron chi connectivity index (χ0n) is 28.0. The van der Waals surface area contributed by atoms with Crippen molar-refractivity contribution in [1.82, 2.24) is 0 Å². The molecule has 0 aromatic heterocycles. The molecule has 2 unspecified atom stereocenters. The lowest BCUT2D eigenvalue weighted by Gasteiger charge is -2.33. The van der Waals surface area contributed by atoms with Crippen LogP contribution in [0.5, 0.6) is 23.0 Å². The second kappa shape index (κ2) is 16.2. The van der Waals surface area contributed by atoms with E-state index in [1.54, 1.807) is 62.4 Å². The Balaban J connectivity index is 1.40. The lowest BCUT2D eigenvalue weighted by molar-refractivity contribution is -0.285. The summed E-state index contributed by atoms with van der Waals surface area (Å²) in [7, 11) is 0. The Bertz CT molecular complexity index is 1750. The highest BCUT2D eigenvalue weighted by atomic mass is 16.9. The van der Waals surface area contributed by atoms with Crippen molar-refractivity contribution < 1.29 is 38.0 Å². The van der Waals surface area contributed by atoms with Crippen molar-refractivity contribution >= 4 is 11.9 Å². The number of rotatable bonds is 16. The van der Waals surface area contributed by atoms with Gasteiger partial charge in [-0.1, -0.05) is 118 Å². The minimum atomic E-state index is -1.87. The smallest absolute Gasteiger partial charge is 0.419 e. The number of ether oxygens (including phenoxy) is 6. The van der Waals surface area contributed by atoms with Crippen LogP contribution in [0.15, 0.2) is 159 Å². The molecule has 0 radical (unpaired) electrons. The minimum absolute atomic E-state index is 0.107. The number of hydrogen-bond acceptors (Lipinski definition) is 8.